The predicted octanol–water partition coefficient (Wildman–Crippen LogP) is 0.127. The maximum absolute atomic E-state index is 12.3. The van der Waals surface area contributed by atoms with Crippen LogP contribution in [0, 0.1) is 6.92 Å². The van der Waals surface area contributed by atoms with Crippen LogP contribution >= 0.6 is 0 Å². The zero-order valence-electron chi connectivity index (χ0n) is 12.8. The summed E-state index contributed by atoms with van der Waals surface area (Å²) in [6.45, 7) is 2.21. The number of carbonyl (C=O) groups excluding carboxylic acids is 1. The SMILES string of the molecule is Cc1[nH+]cc(CO)c2c1OC(C[Se]c1ccccc1)C(=O)NC2. The molecule has 1 atom stereocenters. The van der Waals surface area contributed by atoms with Crippen molar-refractivity contribution in [3.63, 3.8) is 0 Å². The molecule has 1 amide bonds. The summed E-state index contributed by atoms with van der Waals surface area (Å²) in [5.74, 6) is 0.589. The van der Waals surface area contributed by atoms with Crippen LogP contribution in [0.3, 0.4) is 0 Å². The van der Waals surface area contributed by atoms with Gasteiger partial charge in [0.25, 0.3) is 0 Å². The van der Waals surface area contributed by atoms with Gasteiger partial charge in [-0.25, -0.2) is 0 Å². The Balaban J connectivity index is 1.81. The van der Waals surface area contributed by atoms with E-state index in [0.717, 1.165) is 16.8 Å². The first kappa shape index (κ1) is 16.0. The van der Waals surface area contributed by atoms with E-state index in [1.54, 1.807) is 6.20 Å². The first-order valence-corrected chi connectivity index (χ1v) is 9.52. The molecule has 0 fully saturated rings. The number of aliphatic hydroxyl groups is 1. The number of aromatic amines is 1. The van der Waals surface area contributed by atoms with Crippen LogP contribution in [0.4, 0.5) is 0 Å². The van der Waals surface area contributed by atoms with Crippen LogP contribution in [-0.4, -0.2) is 32.1 Å². The van der Waals surface area contributed by atoms with Crippen molar-refractivity contribution in [2.45, 2.75) is 31.5 Å². The normalized spacial score (nSPS) is 17.0. The molecule has 0 radical (unpaired) electrons. The van der Waals surface area contributed by atoms with E-state index < -0.39 is 6.10 Å². The minimum absolute atomic E-state index is 0.0863. The van der Waals surface area contributed by atoms with E-state index in [1.807, 2.05) is 25.1 Å². The van der Waals surface area contributed by atoms with Gasteiger partial charge in [-0.1, -0.05) is 0 Å². The van der Waals surface area contributed by atoms with Crippen LogP contribution < -0.4 is 19.5 Å². The van der Waals surface area contributed by atoms with Gasteiger partial charge in [-0.05, 0) is 0 Å². The van der Waals surface area contributed by atoms with Crippen LogP contribution in [0.25, 0.3) is 0 Å². The van der Waals surface area contributed by atoms with Gasteiger partial charge in [0, 0.05) is 0 Å². The van der Waals surface area contributed by atoms with Crippen molar-refractivity contribution in [1.82, 2.24) is 5.32 Å². The molecule has 2 heterocycles. The minimum atomic E-state index is -0.502. The van der Waals surface area contributed by atoms with E-state index in [-0.39, 0.29) is 27.5 Å². The molecule has 2 aromatic rings. The third kappa shape index (κ3) is 3.55. The molecule has 3 rings (SSSR count). The zero-order chi connectivity index (χ0) is 16.2. The van der Waals surface area contributed by atoms with E-state index in [4.69, 9.17) is 4.74 Å². The van der Waals surface area contributed by atoms with Crippen LogP contribution in [0.5, 0.6) is 5.75 Å². The molecule has 6 heteroatoms. The molecule has 23 heavy (non-hydrogen) atoms. The van der Waals surface area contributed by atoms with Crippen molar-refractivity contribution in [2.24, 2.45) is 0 Å². The van der Waals surface area contributed by atoms with Gasteiger partial charge >= 0.3 is 141 Å². The molecule has 1 aromatic heterocycles. The fourth-order valence-electron chi connectivity index (χ4n) is 2.50. The number of H-pyrrole nitrogens is 1. The van der Waals surface area contributed by atoms with Gasteiger partial charge in [0.15, 0.2) is 0 Å². The number of aryl methyl sites for hydroxylation is 1. The van der Waals surface area contributed by atoms with Crippen LogP contribution in [0.1, 0.15) is 16.8 Å². The van der Waals surface area contributed by atoms with Gasteiger partial charge < -0.3 is 0 Å². The van der Waals surface area contributed by atoms with E-state index in [2.05, 4.69) is 22.4 Å². The fraction of sp³-hybridized carbons (Fsp3) is 0.294. The van der Waals surface area contributed by atoms with Crippen LogP contribution in [-0.2, 0) is 17.9 Å². The monoisotopic (exact) mass is 379 g/mol. The van der Waals surface area contributed by atoms with Crippen molar-refractivity contribution in [3.8, 4) is 5.75 Å². The molecule has 0 spiro atoms. The standard InChI is InChI=1S/C17H18N2O3Se/c1-11-16-14(12(9-20)7-18-11)8-19-17(21)15(22-16)10-23-13-5-3-2-4-6-13/h2-7,15,20H,8-10H2,1H3,(H,19,21)/p+1. The Labute approximate surface area is 141 Å². The van der Waals surface area contributed by atoms with Gasteiger partial charge in [-0.15, -0.1) is 0 Å². The van der Waals surface area contributed by atoms with E-state index in [0.29, 0.717) is 17.6 Å². The van der Waals surface area contributed by atoms with E-state index >= 15 is 0 Å². The molecule has 3 N–H and O–H groups in total. The van der Waals surface area contributed by atoms with E-state index in [9.17, 15) is 9.90 Å². The summed E-state index contributed by atoms with van der Waals surface area (Å²) in [6.07, 6.45) is 1.26. The summed E-state index contributed by atoms with van der Waals surface area (Å²) in [5.41, 5.74) is 2.47. The predicted molar refractivity (Wildman–Crippen MR) is 86.6 cm³/mol. The number of pyridine rings is 1. The molecule has 0 aliphatic carbocycles. The maximum atomic E-state index is 12.3. The number of nitrogens with one attached hydrogen (secondary N) is 2. The molecule has 1 aromatic carbocycles. The second kappa shape index (κ2) is 7.13. The summed E-state index contributed by atoms with van der Waals surface area (Å²) in [5, 5.41) is 13.1. The number of benzene rings is 1. The Kier molecular flexibility index (Phi) is 4.96. The number of aromatic nitrogens is 1. The Morgan fingerprint density at radius 3 is 2.91 bits per heavy atom. The number of ether oxygens (including phenoxy) is 1. The molecule has 0 saturated heterocycles. The van der Waals surface area contributed by atoms with Crippen molar-refractivity contribution in [3.05, 3.63) is 53.3 Å². The van der Waals surface area contributed by atoms with Gasteiger partial charge in [-0.3, -0.25) is 0 Å². The second-order valence-electron chi connectivity index (χ2n) is 5.35. The molecule has 1 aliphatic rings. The number of hydrogen-bond acceptors (Lipinski definition) is 3. The Hall–Kier alpha value is -1.88. The average Bonchev–Trinajstić information content (AvgIpc) is 2.75. The zero-order valence-corrected chi connectivity index (χ0v) is 14.5. The van der Waals surface area contributed by atoms with Crippen molar-refractivity contribution in [1.29, 1.82) is 0 Å². The Morgan fingerprint density at radius 2 is 2.17 bits per heavy atom. The number of amides is 1. The number of rotatable bonds is 4. The topological polar surface area (TPSA) is 72.7 Å². The van der Waals surface area contributed by atoms with Crippen molar-refractivity contribution in [2.75, 3.05) is 0 Å². The summed E-state index contributed by atoms with van der Waals surface area (Å²) in [4.78, 5) is 15.4. The van der Waals surface area contributed by atoms with Gasteiger partial charge in [0.05, 0.1) is 0 Å². The number of fused-ring (bicyclic) bond motifs is 1. The molecule has 120 valence electrons. The van der Waals surface area contributed by atoms with Gasteiger partial charge in [0.1, 0.15) is 0 Å². The van der Waals surface area contributed by atoms with E-state index in [1.165, 1.54) is 4.46 Å². The molecule has 1 aliphatic heterocycles. The van der Waals surface area contributed by atoms with Gasteiger partial charge in [0.2, 0.25) is 0 Å². The quantitative estimate of drug-likeness (QED) is 0.743. The van der Waals surface area contributed by atoms with Crippen LogP contribution in [0.15, 0.2) is 36.5 Å². The third-order valence-corrected chi connectivity index (χ3v) is 6.03. The first-order valence-electron chi connectivity index (χ1n) is 7.45. The number of hydrogen-bond donors (Lipinski definition) is 2. The van der Waals surface area contributed by atoms with Crippen molar-refractivity contribution < 1.29 is 19.6 Å². The first-order chi connectivity index (χ1) is 11.2. The second-order valence-corrected chi connectivity index (χ2v) is 7.65. The third-order valence-electron chi connectivity index (χ3n) is 3.77. The van der Waals surface area contributed by atoms with Crippen LogP contribution in [0.2, 0.25) is 5.32 Å². The summed E-state index contributed by atoms with van der Waals surface area (Å²) < 4.78 is 7.27. The summed E-state index contributed by atoms with van der Waals surface area (Å²) in [6, 6.07) is 10.2. The summed E-state index contributed by atoms with van der Waals surface area (Å²) in [7, 11) is 0. The summed E-state index contributed by atoms with van der Waals surface area (Å²) >= 11 is 0.167. The Bertz CT molecular complexity index is 706. The van der Waals surface area contributed by atoms with Gasteiger partial charge in [-0.2, -0.15) is 0 Å². The molecular weight excluding hydrogens is 359 g/mol. The molecular formula is C17H19N2O3Se+. The molecule has 0 bridgehead atoms. The molecule has 5 nitrogen and oxygen atoms in total. The average molecular weight is 378 g/mol. The number of aliphatic hydroxyl groups excluding tert-OH is 1. The molecule has 0 saturated carbocycles. The van der Waals surface area contributed by atoms with Crippen molar-refractivity contribution >= 4 is 25.3 Å². The fourth-order valence-corrected chi connectivity index (χ4v) is 4.41. The number of carbonyl (C=O) groups is 1. The Morgan fingerprint density at radius 1 is 1.39 bits per heavy atom. The molecule has 1 unspecified atom stereocenters.